The van der Waals surface area contributed by atoms with E-state index in [2.05, 4.69) is 29.6 Å². The molecule has 0 saturated heterocycles. The van der Waals surface area contributed by atoms with E-state index in [1.165, 1.54) is 17.7 Å². The Morgan fingerprint density at radius 1 is 1.08 bits per heavy atom. The molecule has 0 radical (unpaired) electrons. The minimum Gasteiger partial charge on any atom is -0.508 e. The summed E-state index contributed by atoms with van der Waals surface area (Å²) in [6, 6.07) is 15.4. The van der Waals surface area contributed by atoms with Crippen LogP contribution in [0.4, 0.5) is 0 Å². The van der Waals surface area contributed by atoms with E-state index in [0.29, 0.717) is 12.1 Å². The maximum absolute atomic E-state index is 11.8. The molecular weight excluding hydrogens is 314 g/mol. The van der Waals surface area contributed by atoms with E-state index in [-0.39, 0.29) is 5.75 Å². The highest BCUT2D eigenvalue weighted by molar-refractivity contribution is 5.82. The summed E-state index contributed by atoms with van der Waals surface area (Å²) in [7, 11) is 0. The van der Waals surface area contributed by atoms with Crippen LogP contribution in [0.2, 0.25) is 0 Å². The average Bonchev–Trinajstić information content (AvgIpc) is 2.61. The Morgan fingerprint density at radius 3 is 2.64 bits per heavy atom. The van der Waals surface area contributed by atoms with Gasteiger partial charge in [0.15, 0.2) is 0 Å². The molecular formula is C21H23NO3. The van der Waals surface area contributed by atoms with Crippen LogP contribution in [0.25, 0.3) is 11.0 Å². The lowest BCUT2D eigenvalue weighted by atomic mass is 10.0. The molecule has 0 amide bonds. The summed E-state index contributed by atoms with van der Waals surface area (Å²) in [6.07, 6.45) is 2.79. The number of hydrogen-bond acceptors (Lipinski definition) is 4. The van der Waals surface area contributed by atoms with Gasteiger partial charge in [-0.05, 0) is 48.6 Å². The molecule has 2 aromatic carbocycles. The van der Waals surface area contributed by atoms with Crippen LogP contribution in [0.1, 0.15) is 30.0 Å². The first kappa shape index (κ1) is 17.2. The number of phenolic OH excluding ortho intramolecular Hbond substituents is 1. The fraction of sp³-hybridized carbons (Fsp3) is 0.286. The third-order valence-electron chi connectivity index (χ3n) is 4.39. The van der Waals surface area contributed by atoms with Crippen molar-refractivity contribution in [3.8, 4) is 5.75 Å². The molecule has 25 heavy (non-hydrogen) atoms. The molecule has 2 N–H and O–H groups in total. The summed E-state index contributed by atoms with van der Waals surface area (Å²) in [4.78, 5) is 11.8. The van der Waals surface area contributed by atoms with Crippen LogP contribution in [-0.2, 0) is 19.4 Å². The van der Waals surface area contributed by atoms with Gasteiger partial charge in [0.2, 0.25) is 0 Å². The van der Waals surface area contributed by atoms with Gasteiger partial charge in [0, 0.05) is 24.1 Å². The largest absolute Gasteiger partial charge is 0.508 e. The number of rotatable bonds is 7. The van der Waals surface area contributed by atoms with Crippen LogP contribution < -0.4 is 10.9 Å². The molecule has 130 valence electrons. The van der Waals surface area contributed by atoms with Crippen LogP contribution in [0, 0.1) is 0 Å². The molecule has 4 heteroatoms. The SMILES string of the molecule is CCc1cc2c(CNCCCc3ccccc3)cc(=O)oc2cc1O. The summed E-state index contributed by atoms with van der Waals surface area (Å²) in [5, 5.41) is 14.2. The molecule has 0 bridgehead atoms. The predicted octanol–water partition coefficient (Wildman–Crippen LogP) is 3.78. The van der Waals surface area contributed by atoms with E-state index in [1.807, 2.05) is 19.1 Å². The number of aromatic hydroxyl groups is 1. The molecule has 0 unspecified atom stereocenters. The van der Waals surface area contributed by atoms with Gasteiger partial charge in [0.1, 0.15) is 11.3 Å². The minimum atomic E-state index is -0.391. The average molecular weight is 337 g/mol. The highest BCUT2D eigenvalue weighted by Crippen LogP contribution is 2.26. The molecule has 4 nitrogen and oxygen atoms in total. The van der Waals surface area contributed by atoms with Crippen molar-refractivity contribution in [2.45, 2.75) is 32.7 Å². The highest BCUT2D eigenvalue weighted by Gasteiger charge is 2.09. The first-order valence-corrected chi connectivity index (χ1v) is 8.70. The first-order chi connectivity index (χ1) is 12.2. The van der Waals surface area contributed by atoms with Crippen molar-refractivity contribution in [3.63, 3.8) is 0 Å². The summed E-state index contributed by atoms with van der Waals surface area (Å²) < 4.78 is 5.22. The first-order valence-electron chi connectivity index (χ1n) is 8.70. The second-order valence-corrected chi connectivity index (χ2v) is 6.19. The Hall–Kier alpha value is -2.59. The third-order valence-corrected chi connectivity index (χ3v) is 4.39. The van der Waals surface area contributed by atoms with Crippen molar-refractivity contribution in [2.75, 3.05) is 6.54 Å². The predicted molar refractivity (Wildman–Crippen MR) is 100.0 cm³/mol. The second kappa shape index (κ2) is 7.99. The van der Waals surface area contributed by atoms with Crippen molar-refractivity contribution in [2.24, 2.45) is 0 Å². The number of aryl methyl sites for hydroxylation is 2. The lowest BCUT2D eigenvalue weighted by Gasteiger charge is -2.10. The minimum absolute atomic E-state index is 0.172. The van der Waals surface area contributed by atoms with Gasteiger partial charge in [-0.3, -0.25) is 0 Å². The van der Waals surface area contributed by atoms with E-state index >= 15 is 0 Å². The molecule has 0 saturated carbocycles. The van der Waals surface area contributed by atoms with Gasteiger partial charge >= 0.3 is 5.63 Å². The Morgan fingerprint density at radius 2 is 1.88 bits per heavy atom. The van der Waals surface area contributed by atoms with Crippen LogP contribution in [0.5, 0.6) is 5.75 Å². The maximum Gasteiger partial charge on any atom is 0.336 e. The number of nitrogens with one attached hydrogen (secondary N) is 1. The number of benzene rings is 2. The van der Waals surface area contributed by atoms with Gasteiger partial charge in [-0.25, -0.2) is 4.79 Å². The Bertz CT molecular complexity index is 900. The molecule has 0 aliphatic carbocycles. The third kappa shape index (κ3) is 4.28. The summed E-state index contributed by atoms with van der Waals surface area (Å²) in [6.45, 7) is 3.46. The Labute approximate surface area is 147 Å². The molecule has 3 aromatic rings. The van der Waals surface area contributed by atoms with Crippen molar-refractivity contribution in [1.29, 1.82) is 0 Å². The molecule has 0 fully saturated rings. The summed E-state index contributed by atoms with van der Waals surface area (Å²) >= 11 is 0. The zero-order valence-corrected chi connectivity index (χ0v) is 14.4. The number of fused-ring (bicyclic) bond motifs is 1. The van der Waals surface area contributed by atoms with Gasteiger partial charge in [-0.1, -0.05) is 37.3 Å². The topological polar surface area (TPSA) is 62.5 Å². The zero-order valence-electron chi connectivity index (χ0n) is 14.4. The highest BCUT2D eigenvalue weighted by atomic mass is 16.4. The molecule has 3 rings (SSSR count). The molecule has 0 aliphatic heterocycles. The van der Waals surface area contributed by atoms with Crippen LogP contribution in [0.15, 0.2) is 57.7 Å². The van der Waals surface area contributed by atoms with Gasteiger partial charge < -0.3 is 14.8 Å². The molecule has 0 aliphatic rings. The molecule has 1 aromatic heterocycles. The van der Waals surface area contributed by atoms with E-state index in [0.717, 1.165) is 42.3 Å². The van der Waals surface area contributed by atoms with Crippen molar-refractivity contribution >= 4 is 11.0 Å². The second-order valence-electron chi connectivity index (χ2n) is 6.19. The zero-order chi connectivity index (χ0) is 17.6. The van der Waals surface area contributed by atoms with Gasteiger partial charge in [0.25, 0.3) is 0 Å². The maximum atomic E-state index is 11.8. The number of hydrogen-bond donors (Lipinski definition) is 2. The van der Waals surface area contributed by atoms with Crippen molar-refractivity contribution in [1.82, 2.24) is 5.32 Å². The van der Waals surface area contributed by atoms with Crippen LogP contribution >= 0.6 is 0 Å². The Kier molecular flexibility index (Phi) is 5.51. The summed E-state index contributed by atoms with van der Waals surface area (Å²) in [5.41, 5.74) is 3.13. The van der Waals surface area contributed by atoms with E-state index < -0.39 is 5.63 Å². The van der Waals surface area contributed by atoms with Crippen LogP contribution in [0.3, 0.4) is 0 Å². The monoisotopic (exact) mass is 337 g/mol. The number of phenols is 1. The molecule has 0 atom stereocenters. The fourth-order valence-corrected chi connectivity index (χ4v) is 3.02. The van der Waals surface area contributed by atoms with Crippen molar-refractivity contribution < 1.29 is 9.52 Å². The lowest BCUT2D eigenvalue weighted by Crippen LogP contribution is -2.17. The van der Waals surface area contributed by atoms with Gasteiger partial charge in [0.05, 0.1) is 0 Å². The smallest absolute Gasteiger partial charge is 0.336 e. The Balaban J connectivity index is 1.67. The summed E-state index contributed by atoms with van der Waals surface area (Å²) in [5.74, 6) is 0.172. The lowest BCUT2D eigenvalue weighted by molar-refractivity contribution is 0.466. The normalized spacial score (nSPS) is 11.1. The van der Waals surface area contributed by atoms with Gasteiger partial charge in [-0.2, -0.15) is 0 Å². The van der Waals surface area contributed by atoms with Crippen molar-refractivity contribution in [3.05, 3.63) is 75.6 Å². The molecule has 1 heterocycles. The quantitative estimate of drug-likeness (QED) is 0.509. The van der Waals surface area contributed by atoms with E-state index in [1.54, 1.807) is 0 Å². The van der Waals surface area contributed by atoms with E-state index in [9.17, 15) is 9.90 Å². The fourth-order valence-electron chi connectivity index (χ4n) is 3.02. The van der Waals surface area contributed by atoms with E-state index in [4.69, 9.17) is 4.42 Å². The molecule has 0 spiro atoms. The van der Waals surface area contributed by atoms with Gasteiger partial charge in [-0.15, -0.1) is 0 Å². The standard InChI is InChI=1S/C21H23NO3/c1-2-16-11-18-17(12-21(24)25-20(18)13-19(16)23)14-22-10-6-9-15-7-4-3-5-8-15/h3-5,7-8,11-13,22-23H,2,6,9-10,14H2,1H3. The van der Waals surface area contributed by atoms with Crippen LogP contribution in [-0.4, -0.2) is 11.7 Å².